The number of aryl methyl sites for hydroxylation is 1. The van der Waals surface area contributed by atoms with Crippen molar-refractivity contribution in [1.82, 2.24) is 5.32 Å². The summed E-state index contributed by atoms with van der Waals surface area (Å²) < 4.78 is 16.1. The molecule has 2 aromatic carbocycles. The van der Waals surface area contributed by atoms with Crippen LogP contribution in [0.5, 0.6) is 17.2 Å². The highest BCUT2D eigenvalue weighted by atomic mass is 16.5. The molecule has 0 aliphatic heterocycles. The van der Waals surface area contributed by atoms with Gasteiger partial charge in [-0.3, -0.25) is 4.79 Å². The van der Waals surface area contributed by atoms with E-state index >= 15 is 0 Å². The molecule has 0 unspecified atom stereocenters. The molecule has 0 bridgehead atoms. The third kappa shape index (κ3) is 5.71. The van der Waals surface area contributed by atoms with Crippen molar-refractivity contribution in [2.75, 3.05) is 27.4 Å². The Labute approximate surface area is 148 Å². The van der Waals surface area contributed by atoms with Crippen LogP contribution >= 0.6 is 0 Å². The monoisotopic (exact) mass is 343 g/mol. The predicted octanol–water partition coefficient (Wildman–Crippen LogP) is 3.14. The van der Waals surface area contributed by atoms with Crippen LogP contribution in [-0.4, -0.2) is 33.3 Å². The highest BCUT2D eigenvalue weighted by Crippen LogP contribution is 2.27. The van der Waals surface area contributed by atoms with Gasteiger partial charge in [0, 0.05) is 6.54 Å². The summed E-state index contributed by atoms with van der Waals surface area (Å²) in [6.45, 7) is 2.92. The zero-order valence-corrected chi connectivity index (χ0v) is 15.0. The van der Waals surface area contributed by atoms with Crippen LogP contribution in [-0.2, 0) is 11.2 Å². The summed E-state index contributed by atoms with van der Waals surface area (Å²) in [5.41, 5.74) is 2.14. The maximum absolute atomic E-state index is 11.9. The number of nitrogens with one attached hydrogen (secondary N) is 1. The van der Waals surface area contributed by atoms with Gasteiger partial charge in [-0.2, -0.15) is 0 Å². The molecule has 2 rings (SSSR count). The van der Waals surface area contributed by atoms with Crippen LogP contribution in [0.25, 0.3) is 0 Å². The highest BCUT2D eigenvalue weighted by molar-refractivity contribution is 5.76. The SMILES string of the molecule is COc1ccc(CCNC(=O)CCOc2ccccc2C)cc1OC. The zero-order valence-electron chi connectivity index (χ0n) is 15.0. The molecule has 2 aromatic rings. The average Bonchev–Trinajstić information content (AvgIpc) is 2.63. The Kier molecular flexibility index (Phi) is 7.14. The summed E-state index contributed by atoms with van der Waals surface area (Å²) in [6, 6.07) is 13.5. The molecular weight excluding hydrogens is 318 g/mol. The van der Waals surface area contributed by atoms with E-state index in [1.54, 1.807) is 14.2 Å². The van der Waals surface area contributed by atoms with Crippen molar-refractivity contribution < 1.29 is 19.0 Å². The van der Waals surface area contributed by atoms with E-state index in [-0.39, 0.29) is 5.91 Å². The van der Waals surface area contributed by atoms with E-state index in [1.807, 2.05) is 49.4 Å². The lowest BCUT2D eigenvalue weighted by molar-refractivity contribution is -0.121. The zero-order chi connectivity index (χ0) is 18.1. The van der Waals surface area contributed by atoms with E-state index in [0.29, 0.717) is 31.1 Å². The minimum Gasteiger partial charge on any atom is -0.493 e. The van der Waals surface area contributed by atoms with E-state index in [0.717, 1.165) is 23.3 Å². The summed E-state index contributed by atoms with van der Waals surface area (Å²) in [4.78, 5) is 11.9. The third-order valence-corrected chi connectivity index (χ3v) is 3.86. The minimum atomic E-state index is -0.0194. The van der Waals surface area contributed by atoms with E-state index in [4.69, 9.17) is 14.2 Å². The smallest absolute Gasteiger partial charge is 0.223 e. The Hall–Kier alpha value is -2.69. The standard InChI is InChI=1S/C20H25NO4/c1-15-6-4-5-7-17(15)25-13-11-20(22)21-12-10-16-8-9-18(23-2)19(14-16)24-3/h4-9,14H,10-13H2,1-3H3,(H,21,22). The minimum absolute atomic E-state index is 0.0194. The van der Waals surface area contributed by atoms with Gasteiger partial charge in [0.15, 0.2) is 11.5 Å². The van der Waals surface area contributed by atoms with Gasteiger partial charge in [-0.1, -0.05) is 24.3 Å². The summed E-state index contributed by atoms with van der Waals surface area (Å²) >= 11 is 0. The second-order valence-electron chi connectivity index (χ2n) is 5.65. The summed E-state index contributed by atoms with van der Waals surface area (Å²) in [5, 5.41) is 2.91. The lowest BCUT2D eigenvalue weighted by atomic mass is 10.1. The average molecular weight is 343 g/mol. The molecule has 0 aliphatic carbocycles. The van der Waals surface area contributed by atoms with Crippen molar-refractivity contribution in [2.24, 2.45) is 0 Å². The fourth-order valence-electron chi connectivity index (χ4n) is 2.44. The summed E-state index contributed by atoms with van der Waals surface area (Å²) in [5.74, 6) is 2.19. The molecule has 1 N–H and O–H groups in total. The number of rotatable bonds is 9. The number of ether oxygens (including phenoxy) is 3. The first-order chi connectivity index (χ1) is 12.1. The molecule has 0 radical (unpaired) electrons. The number of benzene rings is 2. The van der Waals surface area contributed by atoms with Gasteiger partial charge in [0.25, 0.3) is 0 Å². The van der Waals surface area contributed by atoms with Gasteiger partial charge >= 0.3 is 0 Å². The topological polar surface area (TPSA) is 56.8 Å². The molecule has 0 fully saturated rings. The first kappa shape index (κ1) is 18.6. The lowest BCUT2D eigenvalue weighted by Crippen LogP contribution is -2.27. The molecule has 0 heterocycles. The van der Waals surface area contributed by atoms with Gasteiger partial charge in [-0.15, -0.1) is 0 Å². The molecule has 134 valence electrons. The molecule has 0 spiro atoms. The first-order valence-electron chi connectivity index (χ1n) is 8.30. The first-order valence-corrected chi connectivity index (χ1v) is 8.30. The highest BCUT2D eigenvalue weighted by Gasteiger charge is 2.06. The van der Waals surface area contributed by atoms with Crippen LogP contribution in [0.1, 0.15) is 17.5 Å². The molecule has 0 saturated carbocycles. The van der Waals surface area contributed by atoms with Crippen LogP contribution in [0.4, 0.5) is 0 Å². The van der Waals surface area contributed by atoms with Crippen molar-refractivity contribution in [1.29, 1.82) is 0 Å². The van der Waals surface area contributed by atoms with Crippen LogP contribution in [0.3, 0.4) is 0 Å². The summed E-state index contributed by atoms with van der Waals surface area (Å²) in [6.07, 6.45) is 1.06. The predicted molar refractivity (Wildman–Crippen MR) is 97.6 cm³/mol. The van der Waals surface area contributed by atoms with Crippen molar-refractivity contribution in [2.45, 2.75) is 19.8 Å². The number of carbonyl (C=O) groups excluding carboxylic acids is 1. The maximum atomic E-state index is 11.9. The van der Waals surface area contributed by atoms with E-state index in [2.05, 4.69) is 5.32 Å². The van der Waals surface area contributed by atoms with Crippen molar-refractivity contribution >= 4 is 5.91 Å². The number of carbonyl (C=O) groups is 1. The molecular formula is C20H25NO4. The Morgan fingerprint density at radius 3 is 2.48 bits per heavy atom. The second-order valence-corrected chi connectivity index (χ2v) is 5.65. The molecule has 25 heavy (non-hydrogen) atoms. The van der Waals surface area contributed by atoms with E-state index < -0.39 is 0 Å². The molecule has 0 atom stereocenters. The fourth-order valence-corrected chi connectivity index (χ4v) is 2.44. The lowest BCUT2D eigenvalue weighted by Gasteiger charge is -2.11. The van der Waals surface area contributed by atoms with Crippen LogP contribution in [0.2, 0.25) is 0 Å². The van der Waals surface area contributed by atoms with Crippen molar-refractivity contribution in [3.05, 3.63) is 53.6 Å². The molecule has 0 aromatic heterocycles. The normalized spacial score (nSPS) is 10.2. The fraction of sp³-hybridized carbons (Fsp3) is 0.350. The van der Waals surface area contributed by atoms with Gasteiger partial charge in [0.1, 0.15) is 5.75 Å². The van der Waals surface area contributed by atoms with Gasteiger partial charge in [0.05, 0.1) is 27.2 Å². The van der Waals surface area contributed by atoms with Gasteiger partial charge in [0.2, 0.25) is 5.91 Å². The quantitative estimate of drug-likeness (QED) is 0.760. The van der Waals surface area contributed by atoms with Gasteiger partial charge in [-0.25, -0.2) is 0 Å². The number of amides is 1. The summed E-state index contributed by atoms with van der Waals surface area (Å²) in [7, 11) is 3.22. The molecule has 5 nitrogen and oxygen atoms in total. The number of methoxy groups -OCH3 is 2. The number of para-hydroxylation sites is 1. The Balaban J connectivity index is 1.71. The molecule has 0 aliphatic rings. The van der Waals surface area contributed by atoms with Crippen LogP contribution in [0.15, 0.2) is 42.5 Å². The Morgan fingerprint density at radius 1 is 1.00 bits per heavy atom. The largest absolute Gasteiger partial charge is 0.493 e. The van der Waals surface area contributed by atoms with Crippen molar-refractivity contribution in [3.8, 4) is 17.2 Å². The van der Waals surface area contributed by atoms with E-state index in [1.165, 1.54) is 0 Å². The molecule has 1 amide bonds. The molecule has 0 saturated heterocycles. The third-order valence-electron chi connectivity index (χ3n) is 3.86. The second kappa shape index (κ2) is 9.57. The molecule has 5 heteroatoms. The van der Waals surface area contributed by atoms with Crippen LogP contribution in [0, 0.1) is 6.92 Å². The van der Waals surface area contributed by atoms with E-state index in [9.17, 15) is 4.79 Å². The van der Waals surface area contributed by atoms with Gasteiger partial charge in [-0.05, 0) is 42.7 Å². The maximum Gasteiger partial charge on any atom is 0.223 e. The Bertz CT molecular complexity index is 700. The number of hydrogen-bond acceptors (Lipinski definition) is 4. The number of hydrogen-bond donors (Lipinski definition) is 1. The van der Waals surface area contributed by atoms with Crippen LogP contribution < -0.4 is 19.5 Å². The van der Waals surface area contributed by atoms with Gasteiger partial charge < -0.3 is 19.5 Å². The Morgan fingerprint density at radius 2 is 1.76 bits per heavy atom. The van der Waals surface area contributed by atoms with Crippen molar-refractivity contribution in [3.63, 3.8) is 0 Å².